The number of ether oxygens (including phenoxy) is 3. The van der Waals surface area contributed by atoms with Crippen LogP contribution in [-0.2, 0) is 20.8 Å². The van der Waals surface area contributed by atoms with E-state index in [9.17, 15) is 9.59 Å². The largest absolute Gasteiger partial charge is 0.376 e. The zero-order valence-corrected chi connectivity index (χ0v) is 15.2. The molecule has 0 aromatic carbocycles. The molecule has 0 bridgehead atoms. The van der Waals surface area contributed by atoms with Crippen LogP contribution in [0.15, 0.2) is 17.1 Å². The van der Waals surface area contributed by atoms with Gasteiger partial charge in [-0.25, -0.2) is 0 Å². The molecule has 1 atom stereocenters. The molecule has 3 aliphatic rings. The molecule has 4 heterocycles. The SMILES string of the molecule is Cc1ccn(CC2CCCO2)c(=O)c1C(=O)N1CCC2(CC1)OCCO2. The summed E-state index contributed by atoms with van der Waals surface area (Å²) >= 11 is 0. The van der Waals surface area contributed by atoms with Crippen LogP contribution in [0.3, 0.4) is 0 Å². The Balaban J connectivity index is 1.51. The lowest BCUT2D eigenvalue weighted by Crippen LogP contribution is -2.48. The van der Waals surface area contributed by atoms with Crippen LogP contribution in [-0.4, -0.2) is 60.2 Å². The molecule has 0 radical (unpaired) electrons. The van der Waals surface area contributed by atoms with E-state index >= 15 is 0 Å². The molecule has 7 nitrogen and oxygen atoms in total. The number of aromatic nitrogens is 1. The fourth-order valence-corrected chi connectivity index (χ4v) is 4.07. The minimum absolute atomic E-state index is 0.0601. The van der Waals surface area contributed by atoms with Gasteiger partial charge in [0.1, 0.15) is 5.56 Å². The van der Waals surface area contributed by atoms with Crippen LogP contribution in [0.25, 0.3) is 0 Å². The Morgan fingerprint density at radius 1 is 1.23 bits per heavy atom. The number of piperidine rings is 1. The number of carbonyl (C=O) groups is 1. The second-order valence-electron chi connectivity index (χ2n) is 7.37. The number of nitrogens with zero attached hydrogens (tertiary/aromatic N) is 2. The second-order valence-corrected chi connectivity index (χ2v) is 7.37. The number of likely N-dealkylation sites (tertiary alicyclic amines) is 1. The number of hydrogen-bond donors (Lipinski definition) is 0. The highest BCUT2D eigenvalue weighted by atomic mass is 16.7. The molecule has 7 heteroatoms. The van der Waals surface area contributed by atoms with Gasteiger partial charge in [-0.2, -0.15) is 0 Å². The van der Waals surface area contributed by atoms with Crippen molar-refractivity contribution >= 4 is 5.91 Å². The van der Waals surface area contributed by atoms with Crippen LogP contribution in [0.4, 0.5) is 0 Å². The van der Waals surface area contributed by atoms with Gasteiger partial charge in [0.25, 0.3) is 11.5 Å². The molecular weight excluding hydrogens is 336 g/mol. The Labute approximate surface area is 152 Å². The van der Waals surface area contributed by atoms with Gasteiger partial charge in [0.15, 0.2) is 5.79 Å². The first-order chi connectivity index (χ1) is 12.6. The van der Waals surface area contributed by atoms with Crippen LogP contribution in [0.5, 0.6) is 0 Å². The summed E-state index contributed by atoms with van der Waals surface area (Å²) in [6, 6.07) is 1.85. The first-order valence-electron chi connectivity index (χ1n) is 9.47. The summed E-state index contributed by atoms with van der Waals surface area (Å²) in [6.07, 6.45) is 5.10. The molecule has 1 aromatic rings. The van der Waals surface area contributed by atoms with E-state index in [0.717, 1.165) is 25.0 Å². The predicted molar refractivity (Wildman–Crippen MR) is 94.2 cm³/mol. The third-order valence-electron chi connectivity index (χ3n) is 5.64. The average Bonchev–Trinajstić information content (AvgIpc) is 3.31. The summed E-state index contributed by atoms with van der Waals surface area (Å²) in [5, 5.41) is 0. The Morgan fingerprint density at radius 3 is 2.62 bits per heavy atom. The van der Waals surface area contributed by atoms with Crippen molar-refractivity contribution in [1.82, 2.24) is 9.47 Å². The van der Waals surface area contributed by atoms with Crippen molar-refractivity contribution in [2.24, 2.45) is 0 Å². The summed E-state index contributed by atoms with van der Waals surface area (Å²) in [4.78, 5) is 27.7. The van der Waals surface area contributed by atoms with E-state index in [0.29, 0.717) is 45.7 Å². The fourth-order valence-electron chi connectivity index (χ4n) is 4.07. The topological polar surface area (TPSA) is 70.0 Å². The van der Waals surface area contributed by atoms with Crippen molar-refractivity contribution in [2.75, 3.05) is 32.9 Å². The first kappa shape index (κ1) is 17.7. The maximum absolute atomic E-state index is 13.0. The van der Waals surface area contributed by atoms with Gasteiger partial charge in [-0.05, 0) is 31.4 Å². The van der Waals surface area contributed by atoms with E-state index in [-0.39, 0.29) is 23.1 Å². The zero-order valence-electron chi connectivity index (χ0n) is 15.2. The number of rotatable bonds is 3. The average molecular weight is 362 g/mol. The van der Waals surface area contributed by atoms with Gasteiger partial charge in [-0.1, -0.05) is 0 Å². The molecule has 3 saturated heterocycles. The monoisotopic (exact) mass is 362 g/mol. The van der Waals surface area contributed by atoms with Crippen LogP contribution >= 0.6 is 0 Å². The molecule has 26 heavy (non-hydrogen) atoms. The quantitative estimate of drug-likeness (QED) is 0.811. The van der Waals surface area contributed by atoms with Crippen LogP contribution in [0.1, 0.15) is 41.6 Å². The van der Waals surface area contributed by atoms with Crippen molar-refractivity contribution in [2.45, 2.75) is 51.0 Å². The molecule has 3 aliphatic heterocycles. The molecular formula is C19H26N2O5. The van der Waals surface area contributed by atoms with Crippen molar-refractivity contribution in [3.8, 4) is 0 Å². The van der Waals surface area contributed by atoms with Crippen molar-refractivity contribution < 1.29 is 19.0 Å². The number of carbonyl (C=O) groups excluding carboxylic acids is 1. The second kappa shape index (κ2) is 7.13. The fraction of sp³-hybridized carbons (Fsp3) is 0.684. The van der Waals surface area contributed by atoms with E-state index in [1.807, 2.05) is 13.0 Å². The molecule has 1 unspecified atom stereocenters. The lowest BCUT2D eigenvalue weighted by molar-refractivity contribution is -0.181. The van der Waals surface area contributed by atoms with Crippen molar-refractivity contribution in [3.63, 3.8) is 0 Å². The Morgan fingerprint density at radius 2 is 1.96 bits per heavy atom. The van der Waals surface area contributed by atoms with E-state index in [4.69, 9.17) is 14.2 Å². The molecule has 1 spiro atoms. The summed E-state index contributed by atoms with van der Waals surface area (Å²) in [6.45, 7) is 5.37. The molecule has 0 N–H and O–H groups in total. The van der Waals surface area contributed by atoms with E-state index in [1.165, 1.54) is 0 Å². The maximum atomic E-state index is 13.0. The minimum atomic E-state index is -0.525. The van der Waals surface area contributed by atoms with Gasteiger partial charge in [0.2, 0.25) is 0 Å². The maximum Gasteiger partial charge on any atom is 0.263 e. The summed E-state index contributed by atoms with van der Waals surface area (Å²) in [5.74, 6) is -0.718. The zero-order chi connectivity index (χ0) is 18.1. The molecule has 3 fully saturated rings. The summed E-state index contributed by atoms with van der Waals surface area (Å²) in [7, 11) is 0. The van der Waals surface area contributed by atoms with Gasteiger partial charge in [0, 0.05) is 38.7 Å². The number of amides is 1. The molecule has 1 aromatic heterocycles. The van der Waals surface area contributed by atoms with Crippen molar-refractivity contribution in [1.29, 1.82) is 0 Å². The third kappa shape index (κ3) is 3.31. The lowest BCUT2D eigenvalue weighted by Gasteiger charge is -2.37. The highest BCUT2D eigenvalue weighted by molar-refractivity contribution is 5.95. The molecule has 142 valence electrons. The van der Waals surface area contributed by atoms with E-state index < -0.39 is 5.79 Å². The number of hydrogen-bond acceptors (Lipinski definition) is 5. The molecule has 0 aliphatic carbocycles. The molecule has 0 saturated carbocycles. The predicted octanol–water partition coefficient (Wildman–Crippen LogP) is 1.31. The smallest absolute Gasteiger partial charge is 0.263 e. The van der Waals surface area contributed by atoms with Gasteiger partial charge in [-0.15, -0.1) is 0 Å². The number of pyridine rings is 1. The van der Waals surface area contributed by atoms with Crippen LogP contribution < -0.4 is 5.56 Å². The normalized spacial score (nSPS) is 25.1. The van der Waals surface area contributed by atoms with Gasteiger partial charge < -0.3 is 23.7 Å². The van der Waals surface area contributed by atoms with Gasteiger partial charge >= 0.3 is 0 Å². The summed E-state index contributed by atoms with van der Waals surface area (Å²) < 4.78 is 18.7. The highest BCUT2D eigenvalue weighted by Gasteiger charge is 2.41. The van der Waals surface area contributed by atoms with E-state index in [1.54, 1.807) is 15.7 Å². The first-order valence-corrected chi connectivity index (χ1v) is 9.47. The number of aryl methyl sites for hydroxylation is 1. The standard InChI is InChI=1S/C19H26N2O5/c1-14-4-7-21(13-15-3-2-10-24-15)18(23)16(14)17(22)20-8-5-19(6-9-20)25-11-12-26-19/h4,7,15H,2-3,5-6,8-13H2,1H3. The minimum Gasteiger partial charge on any atom is -0.376 e. The van der Waals surface area contributed by atoms with Gasteiger partial charge in [0.05, 0.1) is 25.9 Å². The molecule has 1 amide bonds. The third-order valence-corrected chi connectivity index (χ3v) is 5.64. The Hall–Kier alpha value is -1.70. The van der Waals surface area contributed by atoms with E-state index in [2.05, 4.69) is 0 Å². The lowest BCUT2D eigenvalue weighted by atomic mass is 10.0. The highest BCUT2D eigenvalue weighted by Crippen LogP contribution is 2.31. The van der Waals surface area contributed by atoms with Crippen LogP contribution in [0.2, 0.25) is 0 Å². The van der Waals surface area contributed by atoms with Crippen molar-refractivity contribution in [3.05, 3.63) is 33.7 Å². The Bertz CT molecular complexity index is 722. The van der Waals surface area contributed by atoms with Gasteiger partial charge in [-0.3, -0.25) is 9.59 Å². The Kier molecular flexibility index (Phi) is 4.86. The van der Waals surface area contributed by atoms with Crippen LogP contribution in [0, 0.1) is 6.92 Å². The summed E-state index contributed by atoms with van der Waals surface area (Å²) in [5.41, 5.74) is 0.770. The molecule has 4 rings (SSSR count).